The maximum Gasteiger partial charge on any atom is 0.513 e. The number of ether oxygens (including phenoxy) is 2. The van der Waals surface area contributed by atoms with Crippen molar-refractivity contribution in [1.82, 2.24) is 10.2 Å². The normalized spacial score (nSPS) is 18.4. The Morgan fingerprint density at radius 2 is 1.87 bits per heavy atom. The summed E-state index contributed by atoms with van der Waals surface area (Å²) in [6.07, 6.45) is 1.20. The van der Waals surface area contributed by atoms with Crippen LogP contribution in [0, 0.1) is 0 Å². The van der Waals surface area contributed by atoms with E-state index < -0.39 is 6.16 Å². The molecule has 0 saturated carbocycles. The summed E-state index contributed by atoms with van der Waals surface area (Å²) in [7, 11) is 3.38. The average molecular weight is 407 g/mol. The minimum Gasteiger partial charge on any atom is -0.437 e. The molecular weight excluding hydrogens is 382 g/mol. The first-order valence-electron chi connectivity index (χ1n) is 10.0. The van der Waals surface area contributed by atoms with Crippen LogP contribution in [-0.4, -0.2) is 50.3 Å². The molecule has 2 aliphatic rings. The lowest BCUT2D eigenvalue weighted by Gasteiger charge is -2.31. The summed E-state index contributed by atoms with van der Waals surface area (Å²) in [5.41, 5.74) is 3.65. The summed E-state index contributed by atoms with van der Waals surface area (Å²) in [4.78, 5) is 26.8. The minimum absolute atomic E-state index is 0.181. The summed E-state index contributed by atoms with van der Waals surface area (Å²) in [6, 6.07) is 15.2. The van der Waals surface area contributed by atoms with Crippen molar-refractivity contribution in [2.75, 3.05) is 32.6 Å². The van der Waals surface area contributed by atoms with Crippen LogP contribution in [0.4, 0.5) is 10.5 Å². The van der Waals surface area contributed by atoms with Crippen LogP contribution in [0.1, 0.15) is 24.0 Å². The molecule has 7 heteroatoms. The molecule has 30 heavy (non-hydrogen) atoms. The Kier molecular flexibility index (Phi) is 5.72. The molecule has 0 unspecified atom stereocenters. The van der Waals surface area contributed by atoms with Gasteiger partial charge in [0.25, 0.3) is 5.91 Å². The molecule has 2 aromatic carbocycles. The van der Waals surface area contributed by atoms with Gasteiger partial charge in [-0.2, -0.15) is 0 Å². The van der Waals surface area contributed by atoms with Crippen molar-refractivity contribution in [2.45, 2.75) is 18.9 Å². The van der Waals surface area contributed by atoms with Gasteiger partial charge in [0.05, 0.1) is 18.4 Å². The molecule has 0 aliphatic carbocycles. The van der Waals surface area contributed by atoms with Crippen LogP contribution in [0.3, 0.4) is 0 Å². The monoisotopic (exact) mass is 407 g/mol. The van der Waals surface area contributed by atoms with E-state index in [4.69, 9.17) is 4.74 Å². The van der Waals surface area contributed by atoms with E-state index in [1.54, 1.807) is 18.2 Å². The van der Waals surface area contributed by atoms with E-state index in [1.807, 2.05) is 30.3 Å². The highest BCUT2D eigenvalue weighted by Gasteiger charge is 2.30. The van der Waals surface area contributed by atoms with Crippen LogP contribution in [0.2, 0.25) is 0 Å². The fourth-order valence-corrected chi connectivity index (χ4v) is 3.86. The quantitative estimate of drug-likeness (QED) is 0.460. The number of anilines is 1. The first-order chi connectivity index (χ1) is 14.5. The summed E-state index contributed by atoms with van der Waals surface area (Å²) in [5, 5.41) is 6.56. The van der Waals surface area contributed by atoms with Gasteiger partial charge in [0.15, 0.2) is 0 Å². The van der Waals surface area contributed by atoms with Crippen molar-refractivity contribution in [3.63, 3.8) is 0 Å². The zero-order valence-corrected chi connectivity index (χ0v) is 17.1. The number of carbonyl (C=O) groups is 2. The molecule has 2 aromatic rings. The van der Waals surface area contributed by atoms with Crippen LogP contribution < -0.4 is 15.4 Å². The lowest BCUT2D eigenvalue weighted by Crippen LogP contribution is -2.40. The predicted octanol–water partition coefficient (Wildman–Crippen LogP) is 3.34. The molecule has 4 rings (SSSR count). The van der Waals surface area contributed by atoms with Crippen molar-refractivity contribution in [2.24, 2.45) is 0 Å². The molecule has 2 heterocycles. The number of benzene rings is 2. The molecule has 0 aromatic heterocycles. The first-order valence-corrected chi connectivity index (χ1v) is 10.0. The zero-order valence-electron chi connectivity index (χ0n) is 17.1. The van der Waals surface area contributed by atoms with E-state index >= 15 is 0 Å². The highest BCUT2D eigenvalue weighted by molar-refractivity contribution is 6.36. The standard InChI is InChI=1S/C23H25N3O4/c1-26-12-10-16(11-13-26)24-21(15-6-4-3-5-7-15)20-18-14-17(30-23(28)29-2)8-9-19(18)25-22(20)27/h3-9,14,16,24H,10-13H2,1-2H3,(H,25,27)/b21-20-. The molecule has 1 saturated heterocycles. The van der Waals surface area contributed by atoms with Gasteiger partial charge in [-0.05, 0) is 56.7 Å². The Bertz CT molecular complexity index is 979. The van der Waals surface area contributed by atoms with Gasteiger partial charge in [0.2, 0.25) is 0 Å². The number of hydrogen-bond donors (Lipinski definition) is 2. The molecule has 2 aliphatic heterocycles. The Morgan fingerprint density at radius 3 is 2.57 bits per heavy atom. The average Bonchev–Trinajstić information content (AvgIpc) is 3.09. The van der Waals surface area contributed by atoms with Gasteiger partial charge >= 0.3 is 6.16 Å². The number of amides is 1. The van der Waals surface area contributed by atoms with Crippen LogP contribution in [0.25, 0.3) is 11.3 Å². The van der Waals surface area contributed by atoms with Crippen LogP contribution in [0.15, 0.2) is 48.5 Å². The number of carbonyl (C=O) groups excluding carboxylic acids is 2. The van der Waals surface area contributed by atoms with Gasteiger partial charge in [-0.3, -0.25) is 4.79 Å². The lowest BCUT2D eigenvalue weighted by atomic mass is 9.97. The Morgan fingerprint density at radius 1 is 1.13 bits per heavy atom. The minimum atomic E-state index is -0.800. The van der Waals surface area contributed by atoms with Gasteiger partial charge < -0.3 is 25.0 Å². The van der Waals surface area contributed by atoms with E-state index in [9.17, 15) is 9.59 Å². The van der Waals surface area contributed by atoms with E-state index in [1.165, 1.54) is 7.11 Å². The smallest absolute Gasteiger partial charge is 0.437 e. The van der Waals surface area contributed by atoms with Crippen molar-refractivity contribution in [3.05, 3.63) is 59.7 Å². The van der Waals surface area contributed by atoms with Crippen LogP contribution in [-0.2, 0) is 9.53 Å². The Labute approximate surface area is 175 Å². The Balaban J connectivity index is 1.76. The number of nitrogens with one attached hydrogen (secondary N) is 2. The maximum absolute atomic E-state index is 13.0. The summed E-state index contributed by atoms with van der Waals surface area (Å²) in [6.45, 7) is 2.02. The first kappa shape index (κ1) is 20.0. The van der Waals surface area contributed by atoms with Crippen LogP contribution >= 0.6 is 0 Å². The highest BCUT2D eigenvalue weighted by atomic mass is 16.7. The molecule has 0 atom stereocenters. The molecule has 0 bridgehead atoms. The zero-order chi connectivity index (χ0) is 21.1. The second-order valence-electron chi connectivity index (χ2n) is 7.56. The van der Waals surface area contributed by atoms with Gasteiger partial charge in [0.1, 0.15) is 5.75 Å². The van der Waals surface area contributed by atoms with E-state index in [-0.39, 0.29) is 11.9 Å². The number of methoxy groups -OCH3 is 1. The lowest BCUT2D eigenvalue weighted by molar-refractivity contribution is -0.110. The van der Waals surface area contributed by atoms with E-state index in [2.05, 4.69) is 27.3 Å². The maximum atomic E-state index is 13.0. The molecule has 156 valence electrons. The summed E-state index contributed by atoms with van der Waals surface area (Å²) in [5.74, 6) is 0.140. The van der Waals surface area contributed by atoms with Crippen molar-refractivity contribution < 1.29 is 19.1 Å². The van der Waals surface area contributed by atoms with Gasteiger partial charge in [-0.25, -0.2) is 4.79 Å². The molecule has 2 N–H and O–H groups in total. The van der Waals surface area contributed by atoms with Gasteiger partial charge in [-0.1, -0.05) is 30.3 Å². The predicted molar refractivity (Wildman–Crippen MR) is 115 cm³/mol. The fourth-order valence-electron chi connectivity index (χ4n) is 3.86. The second-order valence-corrected chi connectivity index (χ2v) is 7.56. The molecule has 7 nitrogen and oxygen atoms in total. The van der Waals surface area contributed by atoms with Gasteiger partial charge in [-0.15, -0.1) is 0 Å². The number of rotatable bonds is 4. The Hall–Kier alpha value is -3.32. The third-order valence-electron chi connectivity index (χ3n) is 5.48. The topological polar surface area (TPSA) is 79.9 Å². The molecule has 0 spiro atoms. The third kappa shape index (κ3) is 4.16. The van der Waals surface area contributed by atoms with Gasteiger partial charge in [0, 0.05) is 17.3 Å². The van der Waals surface area contributed by atoms with Crippen molar-refractivity contribution in [1.29, 1.82) is 0 Å². The second kappa shape index (κ2) is 8.59. The molecular formula is C23H25N3O4. The van der Waals surface area contributed by atoms with Crippen LogP contribution in [0.5, 0.6) is 5.75 Å². The molecule has 1 amide bonds. The van der Waals surface area contributed by atoms with E-state index in [0.29, 0.717) is 22.6 Å². The van der Waals surface area contributed by atoms with Crippen molar-refractivity contribution in [3.8, 4) is 5.75 Å². The SMILES string of the molecule is COC(=O)Oc1ccc2c(c1)/C(=C(/NC1CCN(C)CC1)c1ccccc1)C(=O)N2. The molecule has 1 fully saturated rings. The highest BCUT2D eigenvalue weighted by Crippen LogP contribution is 2.38. The molecule has 0 radical (unpaired) electrons. The number of nitrogens with zero attached hydrogens (tertiary/aromatic N) is 1. The number of fused-ring (bicyclic) bond motifs is 1. The summed E-state index contributed by atoms with van der Waals surface area (Å²) < 4.78 is 9.75. The number of piperidine rings is 1. The van der Waals surface area contributed by atoms with E-state index in [0.717, 1.165) is 37.2 Å². The van der Waals surface area contributed by atoms with Crippen molar-refractivity contribution >= 4 is 29.0 Å². The summed E-state index contributed by atoms with van der Waals surface area (Å²) >= 11 is 0. The number of likely N-dealkylation sites (tertiary alicyclic amines) is 1. The largest absolute Gasteiger partial charge is 0.513 e. The fraction of sp³-hybridized carbons (Fsp3) is 0.304. The number of hydrogen-bond acceptors (Lipinski definition) is 6. The third-order valence-corrected chi connectivity index (χ3v) is 5.48.